The molecule has 46 heavy (non-hydrogen) atoms. The molecule has 2 fully saturated rings. The van der Waals surface area contributed by atoms with Gasteiger partial charge in [-0.05, 0) is 87.1 Å². The molecule has 0 bridgehead atoms. The first kappa shape index (κ1) is 29.7. The zero-order valence-corrected chi connectivity index (χ0v) is 27.8. The molecular weight excluding hydrogens is 613 g/mol. The number of aromatic nitrogens is 4. The van der Waals surface area contributed by atoms with Crippen molar-refractivity contribution in [1.29, 1.82) is 0 Å². The Bertz CT molecular complexity index is 1870. The molecule has 4 aromatic heterocycles. The van der Waals surface area contributed by atoms with Crippen LogP contribution in [0.3, 0.4) is 0 Å². The minimum absolute atomic E-state index is 0.435. The third kappa shape index (κ3) is 5.72. The number of benzene rings is 2. The number of rotatable bonds is 9. The van der Waals surface area contributed by atoms with Gasteiger partial charge in [-0.25, -0.2) is 9.97 Å². The lowest BCUT2D eigenvalue weighted by atomic mass is 10.1. The highest BCUT2D eigenvalue weighted by Gasteiger charge is 2.27. The zero-order chi connectivity index (χ0) is 31.4. The number of hydrogen-bond acceptors (Lipinski definition) is 8. The second kappa shape index (κ2) is 12.2. The summed E-state index contributed by atoms with van der Waals surface area (Å²) in [6.45, 7) is 4.25. The van der Waals surface area contributed by atoms with Gasteiger partial charge in [0.2, 0.25) is 0 Å². The largest absolute Gasteiger partial charge is 0.384 e. The minimum Gasteiger partial charge on any atom is -0.384 e. The number of aliphatic hydroxyl groups is 2. The highest BCUT2D eigenvalue weighted by molar-refractivity contribution is 7.13. The Morgan fingerprint density at radius 3 is 1.48 bits per heavy atom. The minimum atomic E-state index is -1.20. The maximum Gasteiger partial charge on any atom is 0.140 e. The lowest BCUT2D eigenvalue weighted by Gasteiger charge is -2.15. The summed E-state index contributed by atoms with van der Waals surface area (Å²) in [5, 5.41) is 37.4. The highest BCUT2D eigenvalue weighted by atomic mass is 32.1. The van der Waals surface area contributed by atoms with Crippen LogP contribution in [-0.2, 0) is 0 Å². The van der Waals surface area contributed by atoms with Crippen LogP contribution in [0.5, 0.6) is 0 Å². The molecule has 6 aromatic rings. The third-order valence-electron chi connectivity index (χ3n) is 9.58. The van der Waals surface area contributed by atoms with Gasteiger partial charge in [0.25, 0.3) is 0 Å². The van der Waals surface area contributed by atoms with Gasteiger partial charge in [0, 0.05) is 33.6 Å². The number of hydrogen-bond donors (Lipinski definition) is 6. The molecule has 10 heteroatoms. The Morgan fingerprint density at radius 1 is 0.652 bits per heavy atom. The molecule has 238 valence electrons. The van der Waals surface area contributed by atoms with Gasteiger partial charge in [0.1, 0.15) is 22.2 Å². The predicted octanol–water partition coefficient (Wildman–Crippen LogP) is 8.99. The van der Waals surface area contributed by atoms with Crippen molar-refractivity contribution < 1.29 is 10.2 Å². The summed E-state index contributed by atoms with van der Waals surface area (Å²) in [5.74, 6) is 0. The van der Waals surface area contributed by atoms with Crippen molar-refractivity contribution in [1.82, 2.24) is 19.9 Å². The van der Waals surface area contributed by atoms with Gasteiger partial charge in [-0.15, -0.1) is 22.7 Å². The van der Waals surface area contributed by atoms with Crippen molar-refractivity contribution in [3.05, 3.63) is 69.7 Å². The fourth-order valence-corrected chi connectivity index (χ4v) is 8.88. The number of aliphatic hydroxyl groups excluding tert-OH is 2. The number of fused-ring (bicyclic) bond motifs is 2. The van der Waals surface area contributed by atoms with Crippen molar-refractivity contribution in [3.8, 4) is 21.4 Å². The lowest BCUT2D eigenvalue weighted by Crippen LogP contribution is -2.14. The quantitative estimate of drug-likeness (QED) is 0.0927. The molecular formula is C36H40N6O2S2. The van der Waals surface area contributed by atoms with E-state index in [9.17, 15) is 10.2 Å². The summed E-state index contributed by atoms with van der Waals surface area (Å²) in [7, 11) is 0. The molecule has 2 saturated carbocycles. The molecule has 8 nitrogen and oxygen atoms in total. The Balaban J connectivity index is 1.01. The summed E-state index contributed by atoms with van der Waals surface area (Å²) in [5.41, 5.74) is 9.51. The number of thiazole rings is 2. The van der Waals surface area contributed by atoms with E-state index in [-0.39, 0.29) is 0 Å². The zero-order valence-electron chi connectivity index (χ0n) is 26.2. The van der Waals surface area contributed by atoms with Gasteiger partial charge in [0.05, 0.1) is 45.2 Å². The van der Waals surface area contributed by atoms with Gasteiger partial charge < -0.3 is 30.8 Å². The Labute approximate surface area is 276 Å². The van der Waals surface area contributed by atoms with Crippen molar-refractivity contribution >= 4 is 55.9 Å². The molecule has 0 saturated heterocycles. The fourth-order valence-electron chi connectivity index (χ4n) is 7.24. The number of H-pyrrole nitrogens is 2. The van der Waals surface area contributed by atoms with Crippen LogP contribution in [-0.4, -0.2) is 42.2 Å². The summed E-state index contributed by atoms with van der Waals surface area (Å²) in [6, 6.07) is 14.1. The molecule has 2 aliphatic carbocycles. The van der Waals surface area contributed by atoms with Gasteiger partial charge in [0.15, 0.2) is 0 Å². The van der Waals surface area contributed by atoms with E-state index in [4.69, 9.17) is 9.97 Å². The molecule has 2 unspecified atom stereocenters. The molecule has 0 amide bonds. The lowest BCUT2D eigenvalue weighted by molar-refractivity contribution is 0.0128. The Morgan fingerprint density at radius 2 is 1.07 bits per heavy atom. The van der Waals surface area contributed by atoms with Crippen molar-refractivity contribution in [2.24, 2.45) is 0 Å². The first-order valence-corrected chi connectivity index (χ1v) is 18.2. The summed E-state index contributed by atoms with van der Waals surface area (Å²) >= 11 is 2.91. The van der Waals surface area contributed by atoms with Gasteiger partial charge in [-0.3, -0.25) is 0 Å². The standard InChI is InChI=1S/C36H40N6O2S2/c1-19-11-21-15-27(39-31(21)25(13-19)37-23-7-3-4-8-23)35-41-29(17-45-35)33(43)34(44)30-18-46-36(42-30)28-16-22-12-20(2)14-26(32(22)40-28)38-24-9-5-6-10-24/h11-18,23-24,33-34,37-40,43-44H,3-10H2,1-2H3. The first-order valence-electron chi connectivity index (χ1n) is 16.5. The summed E-state index contributed by atoms with van der Waals surface area (Å²) in [4.78, 5) is 16.7. The van der Waals surface area contributed by atoms with Crippen LogP contribution >= 0.6 is 22.7 Å². The number of aryl methyl sites for hydroxylation is 2. The highest BCUT2D eigenvalue weighted by Crippen LogP contribution is 2.38. The third-order valence-corrected chi connectivity index (χ3v) is 11.4. The monoisotopic (exact) mass is 652 g/mol. The van der Waals surface area contributed by atoms with E-state index in [0.717, 1.165) is 54.6 Å². The van der Waals surface area contributed by atoms with E-state index in [1.807, 2.05) is 10.8 Å². The molecule has 8 rings (SSSR count). The molecule has 2 aliphatic rings. The molecule has 6 N–H and O–H groups in total. The van der Waals surface area contributed by atoms with Crippen LogP contribution in [0.1, 0.15) is 86.1 Å². The smallest absolute Gasteiger partial charge is 0.140 e. The topological polar surface area (TPSA) is 122 Å². The van der Waals surface area contributed by atoms with E-state index in [1.165, 1.54) is 85.2 Å². The molecule has 2 aromatic carbocycles. The normalized spacial score (nSPS) is 17.4. The summed E-state index contributed by atoms with van der Waals surface area (Å²) < 4.78 is 0. The maximum atomic E-state index is 11.2. The molecule has 0 radical (unpaired) electrons. The second-order valence-corrected chi connectivity index (χ2v) is 14.9. The predicted molar refractivity (Wildman–Crippen MR) is 190 cm³/mol. The fraction of sp³-hybridized carbons (Fsp3) is 0.389. The van der Waals surface area contributed by atoms with Crippen molar-refractivity contribution in [2.75, 3.05) is 10.6 Å². The van der Waals surface area contributed by atoms with Crippen LogP contribution in [0.4, 0.5) is 11.4 Å². The van der Waals surface area contributed by atoms with Crippen LogP contribution < -0.4 is 10.6 Å². The Hall–Kier alpha value is -3.70. The SMILES string of the molecule is Cc1cc(NC2CCCC2)c2[nH]c(-c3nc(C(O)C(O)c4csc(-c5cc6cc(C)cc(NC7CCCC7)c6[nH]5)n4)cs3)cc2c1. The molecule has 4 heterocycles. The van der Waals surface area contributed by atoms with E-state index < -0.39 is 12.2 Å². The second-order valence-electron chi connectivity index (χ2n) is 13.2. The average Bonchev–Trinajstić information content (AvgIpc) is 3.87. The number of aromatic amines is 2. The van der Waals surface area contributed by atoms with Crippen LogP contribution in [0, 0.1) is 13.8 Å². The maximum absolute atomic E-state index is 11.2. The van der Waals surface area contributed by atoms with E-state index in [0.29, 0.717) is 23.5 Å². The van der Waals surface area contributed by atoms with Crippen molar-refractivity contribution in [2.45, 2.75) is 89.5 Å². The summed E-state index contributed by atoms with van der Waals surface area (Å²) in [6.07, 6.45) is 7.56. The molecule has 0 spiro atoms. The number of nitrogens with zero attached hydrogens (tertiary/aromatic N) is 2. The molecule has 0 aliphatic heterocycles. The van der Waals surface area contributed by atoms with Crippen molar-refractivity contribution in [3.63, 3.8) is 0 Å². The number of anilines is 2. The van der Waals surface area contributed by atoms with Crippen LogP contribution in [0.2, 0.25) is 0 Å². The first-order chi connectivity index (χ1) is 22.4. The van der Waals surface area contributed by atoms with Gasteiger partial charge in [-0.1, -0.05) is 25.7 Å². The van der Waals surface area contributed by atoms with E-state index in [1.54, 1.807) is 0 Å². The van der Waals surface area contributed by atoms with Crippen LogP contribution in [0.25, 0.3) is 43.2 Å². The van der Waals surface area contributed by atoms with Crippen LogP contribution in [0.15, 0.2) is 47.2 Å². The van der Waals surface area contributed by atoms with E-state index in [2.05, 4.69) is 70.8 Å². The van der Waals surface area contributed by atoms with Gasteiger partial charge >= 0.3 is 0 Å². The van der Waals surface area contributed by atoms with Gasteiger partial charge in [-0.2, -0.15) is 0 Å². The number of nitrogens with one attached hydrogen (secondary N) is 4. The Kier molecular flexibility index (Phi) is 7.84. The molecule has 2 atom stereocenters. The van der Waals surface area contributed by atoms with E-state index >= 15 is 0 Å². The average molecular weight is 653 g/mol.